The highest BCUT2D eigenvalue weighted by atomic mass is 32.1. The number of benzene rings is 1. The molecule has 1 N–H and O–H groups in total. The SMILES string of the molecule is Cc1cccc(N[C@H]2c3ncccc3C(=O)N2Cc2cccs2)c1. The molecule has 3 heterocycles. The van der Waals surface area contributed by atoms with Crippen molar-refractivity contribution in [3.8, 4) is 0 Å². The van der Waals surface area contributed by atoms with Gasteiger partial charge in [0, 0.05) is 16.8 Å². The predicted octanol–water partition coefficient (Wildman–Crippen LogP) is 4.22. The number of nitrogens with one attached hydrogen (secondary N) is 1. The van der Waals surface area contributed by atoms with E-state index in [-0.39, 0.29) is 12.1 Å². The van der Waals surface area contributed by atoms with E-state index in [0.717, 1.165) is 16.3 Å². The fraction of sp³-hybridized carbons (Fsp3) is 0.158. The fourth-order valence-corrected chi connectivity index (χ4v) is 3.71. The van der Waals surface area contributed by atoms with Gasteiger partial charge in [0.1, 0.15) is 6.17 Å². The van der Waals surface area contributed by atoms with Crippen molar-refractivity contribution < 1.29 is 4.79 Å². The largest absolute Gasteiger partial charge is 0.360 e. The molecule has 1 aliphatic rings. The number of hydrogen-bond donors (Lipinski definition) is 1. The molecule has 4 nitrogen and oxygen atoms in total. The number of amides is 1. The van der Waals surface area contributed by atoms with E-state index in [1.807, 2.05) is 40.6 Å². The summed E-state index contributed by atoms with van der Waals surface area (Å²) in [4.78, 5) is 20.3. The van der Waals surface area contributed by atoms with E-state index < -0.39 is 0 Å². The molecule has 120 valence electrons. The molecule has 4 rings (SSSR count). The first-order valence-corrected chi connectivity index (χ1v) is 8.72. The Hall–Kier alpha value is -2.66. The maximum absolute atomic E-state index is 12.8. The Morgan fingerprint density at radius 1 is 1.21 bits per heavy atom. The van der Waals surface area contributed by atoms with Crippen LogP contribution in [0, 0.1) is 6.92 Å². The van der Waals surface area contributed by atoms with E-state index in [1.165, 1.54) is 5.56 Å². The van der Waals surface area contributed by atoms with Crippen molar-refractivity contribution >= 4 is 22.9 Å². The van der Waals surface area contributed by atoms with Crippen LogP contribution >= 0.6 is 11.3 Å². The topological polar surface area (TPSA) is 45.2 Å². The standard InChI is InChI=1S/C19H17N3OS/c1-13-5-2-6-14(11-13)21-18-17-16(8-3-9-20-17)19(23)22(18)12-15-7-4-10-24-15/h2-11,18,21H,12H2,1H3/t18-/m1/s1. The molecule has 0 saturated carbocycles. The number of carbonyl (C=O) groups excluding carboxylic acids is 1. The average Bonchev–Trinajstić information content (AvgIpc) is 3.18. The molecule has 0 bridgehead atoms. The van der Waals surface area contributed by atoms with E-state index in [4.69, 9.17) is 0 Å². The molecule has 0 radical (unpaired) electrons. The number of thiophene rings is 1. The molecule has 0 saturated heterocycles. The molecule has 3 aromatic rings. The highest BCUT2D eigenvalue weighted by Crippen LogP contribution is 2.34. The lowest BCUT2D eigenvalue weighted by atomic mass is 10.2. The number of fused-ring (bicyclic) bond motifs is 1. The highest BCUT2D eigenvalue weighted by molar-refractivity contribution is 7.09. The van der Waals surface area contributed by atoms with Gasteiger partial charge in [-0.15, -0.1) is 11.3 Å². The smallest absolute Gasteiger partial charge is 0.258 e. The van der Waals surface area contributed by atoms with Crippen LogP contribution in [0.2, 0.25) is 0 Å². The minimum absolute atomic E-state index is 0.0247. The lowest BCUT2D eigenvalue weighted by Crippen LogP contribution is -2.31. The Morgan fingerprint density at radius 3 is 2.92 bits per heavy atom. The minimum Gasteiger partial charge on any atom is -0.360 e. The summed E-state index contributed by atoms with van der Waals surface area (Å²) < 4.78 is 0. The van der Waals surface area contributed by atoms with Crippen LogP contribution in [0.4, 0.5) is 5.69 Å². The number of nitrogens with zero attached hydrogens (tertiary/aromatic N) is 2. The van der Waals surface area contributed by atoms with Crippen molar-refractivity contribution in [3.05, 3.63) is 81.8 Å². The third-order valence-electron chi connectivity index (χ3n) is 4.13. The van der Waals surface area contributed by atoms with Crippen LogP contribution in [0.5, 0.6) is 0 Å². The van der Waals surface area contributed by atoms with Gasteiger partial charge in [0.05, 0.1) is 17.8 Å². The zero-order chi connectivity index (χ0) is 16.5. The molecule has 0 aliphatic carbocycles. The van der Waals surface area contributed by atoms with E-state index in [2.05, 4.69) is 35.4 Å². The summed E-state index contributed by atoms with van der Waals surface area (Å²) in [6.07, 6.45) is 1.49. The van der Waals surface area contributed by atoms with E-state index >= 15 is 0 Å². The number of anilines is 1. The second kappa shape index (κ2) is 6.09. The Kier molecular flexibility index (Phi) is 3.78. The first-order valence-electron chi connectivity index (χ1n) is 7.84. The Morgan fingerprint density at radius 2 is 2.12 bits per heavy atom. The first kappa shape index (κ1) is 14.9. The van der Waals surface area contributed by atoms with Gasteiger partial charge < -0.3 is 10.2 Å². The molecule has 1 aromatic carbocycles. The van der Waals surface area contributed by atoms with Crippen molar-refractivity contribution in [2.24, 2.45) is 0 Å². The third kappa shape index (κ3) is 2.67. The van der Waals surface area contributed by atoms with Crippen LogP contribution < -0.4 is 5.32 Å². The lowest BCUT2D eigenvalue weighted by Gasteiger charge is -2.26. The fourth-order valence-electron chi connectivity index (χ4n) is 3.01. The van der Waals surface area contributed by atoms with Crippen molar-refractivity contribution in [2.75, 3.05) is 5.32 Å². The van der Waals surface area contributed by atoms with Crippen LogP contribution in [-0.2, 0) is 6.54 Å². The lowest BCUT2D eigenvalue weighted by molar-refractivity contribution is 0.0729. The maximum atomic E-state index is 12.8. The van der Waals surface area contributed by atoms with Gasteiger partial charge in [0.2, 0.25) is 0 Å². The first-order chi connectivity index (χ1) is 11.7. The van der Waals surface area contributed by atoms with Crippen LogP contribution in [0.15, 0.2) is 60.1 Å². The van der Waals surface area contributed by atoms with E-state index in [9.17, 15) is 4.79 Å². The predicted molar refractivity (Wildman–Crippen MR) is 96.0 cm³/mol. The van der Waals surface area contributed by atoms with Gasteiger partial charge in [0.15, 0.2) is 0 Å². The van der Waals surface area contributed by atoms with Crippen molar-refractivity contribution in [2.45, 2.75) is 19.6 Å². The highest BCUT2D eigenvalue weighted by Gasteiger charge is 2.37. The summed E-state index contributed by atoms with van der Waals surface area (Å²) in [5.41, 5.74) is 3.64. The second-order valence-corrected chi connectivity index (χ2v) is 6.90. The van der Waals surface area contributed by atoms with Crippen molar-refractivity contribution in [1.29, 1.82) is 0 Å². The molecule has 0 unspecified atom stereocenters. The monoisotopic (exact) mass is 335 g/mol. The summed E-state index contributed by atoms with van der Waals surface area (Å²) in [5.74, 6) is 0.0247. The molecule has 24 heavy (non-hydrogen) atoms. The van der Waals surface area contributed by atoms with Gasteiger partial charge in [-0.05, 0) is 48.2 Å². The van der Waals surface area contributed by atoms with Gasteiger partial charge in [0.25, 0.3) is 5.91 Å². The van der Waals surface area contributed by atoms with Gasteiger partial charge in [-0.1, -0.05) is 18.2 Å². The zero-order valence-electron chi connectivity index (χ0n) is 13.3. The van der Waals surface area contributed by atoms with E-state index in [1.54, 1.807) is 17.5 Å². The zero-order valence-corrected chi connectivity index (χ0v) is 14.1. The molecule has 1 atom stereocenters. The van der Waals surface area contributed by atoms with Gasteiger partial charge in [-0.3, -0.25) is 9.78 Å². The summed E-state index contributed by atoms with van der Waals surface area (Å²) in [7, 11) is 0. The third-order valence-corrected chi connectivity index (χ3v) is 4.99. The Balaban J connectivity index is 1.70. The van der Waals surface area contributed by atoms with Crippen LogP contribution in [-0.4, -0.2) is 15.8 Å². The summed E-state index contributed by atoms with van der Waals surface area (Å²) >= 11 is 1.66. The molecule has 1 amide bonds. The Labute approximate surface area is 144 Å². The number of carbonyl (C=O) groups is 1. The molecule has 0 fully saturated rings. The number of rotatable bonds is 4. The van der Waals surface area contributed by atoms with Crippen LogP contribution in [0.3, 0.4) is 0 Å². The van der Waals surface area contributed by atoms with Gasteiger partial charge >= 0.3 is 0 Å². The normalized spacial score (nSPS) is 16.3. The van der Waals surface area contributed by atoms with Crippen molar-refractivity contribution in [3.63, 3.8) is 0 Å². The van der Waals surface area contributed by atoms with Crippen LogP contribution in [0.1, 0.15) is 32.7 Å². The number of hydrogen-bond acceptors (Lipinski definition) is 4. The number of aromatic nitrogens is 1. The number of pyridine rings is 1. The second-order valence-electron chi connectivity index (χ2n) is 5.86. The van der Waals surface area contributed by atoms with Gasteiger partial charge in [-0.25, -0.2) is 0 Å². The van der Waals surface area contributed by atoms with Crippen molar-refractivity contribution in [1.82, 2.24) is 9.88 Å². The Bertz CT molecular complexity index is 876. The average molecular weight is 335 g/mol. The number of aryl methyl sites for hydroxylation is 1. The molecule has 5 heteroatoms. The minimum atomic E-state index is -0.252. The molecular formula is C19H17N3OS. The van der Waals surface area contributed by atoms with E-state index in [0.29, 0.717) is 12.1 Å². The van der Waals surface area contributed by atoms with Gasteiger partial charge in [-0.2, -0.15) is 0 Å². The molecule has 1 aliphatic heterocycles. The molecule has 0 spiro atoms. The maximum Gasteiger partial charge on any atom is 0.258 e. The summed E-state index contributed by atoms with van der Waals surface area (Å²) in [6.45, 7) is 2.64. The molecular weight excluding hydrogens is 318 g/mol. The van der Waals surface area contributed by atoms with Crippen LogP contribution in [0.25, 0.3) is 0 Å². The quantitative estimate of drug-likeness (QED) is 0.776. The summed E-state index contributed by atoms with van der Waals surface area (Å²) in [5, 5.41) is 5.51. The molecule has 2 aromatic heterocycles. The summed E-state index contributed by atoms with van der Waals surface area (Å²) in [6, 6.07) is 15.9.